The van der Waals surface area contributed by atoms with Crippen molar-refractivity contribution in [1.82, 2.24) is 0 Å². The predicted molar refractivity (Wildman–Crippen MR) is 75.4 cm³/mol. The van der Waals surface area contributed by atoms with Gasteiger partial charge < -0.3 is 5.11 Å². The van der Waals surface area contributed by atoms with Gasteiger partial charge in [0.05, 0.1) is 6.42 Å². The van der Waals surface area contributed by atoms with Crippen LogP contribution in [-0.2, 0) is 11.2 Å². The first-order valence-electron chi connectivity index (χ1n) is 5.67. The van der Waals surface area contributed by atoms with Crippen molar-refractivity contribution in [3.63, 3.8) is 0 Å². The van der Waals surface area contributed by atoms with E-state index in [9.17, 15) is 9.59 Å². The fourth-order valence-electron chi connectivity index (χ4n) is 1.77. The Morgan fingerprint density at radius 2 is 1.68 bits per heavy atom. The average Bonchev–Trinajstić information content (AvgIpc) is 2.38. The lowest BCUT2D eigenvalue weighted by molar-refractivity contribution is -0.136. The molecule has 2 aromatic rings. The maximum Gasteiger partial charge on any atom is 0.307 e. The molecule has 0 spiro atoms. The highest BCUT2D eigenvalue weighted by Crippen LogP contribution is 2.15. The van der Waals surface area contributed by atoms with Crippen LogP contribution in [-0.4, -0.2) is 16.9 Å². The molecular formula is C15H11BrO3. The van der Waals surface area contributed by atoms with E-state index in [1.54, 1.807) is 48.5 Å². The number of carbonyl (C=O) groups is 2. The minimum absolute atomic E-state index is 0.0819. The summed E-state index contributed by atoms with van der Waals surface area (Å²) in [6.07, 6.45) is -0.0819. The van der Waals surface area contributed by atoms with E-state index in [1.165, 1.54) is 0 Å². The standard InChI is InChI=1S/C15H11BrO3/c16-13-6-4-11(5-7-13)15(19)12-3-1-2-10(8-12)9-14(17)18/h1-8H,9H2,(H,17,18). The molecule has 0 aliphatic heterocycles. The van der Waals surface area contributed by atoms with E-state index in [0.717, 1.165) is 4.47 Å². The normalized spacial score (nSPS) is 10.2. The first kappa shape index (κ1) is 13.5. The summed E-state index contributed by atoms with van der Waals surface area (Å²) >= 11 is 3.31. The fraction of sp³-hybridized carbons (Fsp3) is 0.0667. The predicted octanol–water partition coefficient (Wildman–Crippen LogP) is 3.31. The molecule has 0 amide bonds. The molecule has 0 heterocycles. The summed E-state index contributed by atoms with van der Waals surface area (Å²) in [6.45, 7) is 0. The van der Waals surface area contributed by atoms with Gasteiger partial charge in [-0.15, -0.1) is 0 Å². The number of halogens is 1. The average molecular weight is 319 g/mol. The molecule has 19 heavy (non-hydrogen) atoms. The number of ketones is 1. The van der Waals surface area contributed by atoms with Crippen LogP contribution in [0.4, 0.5) is 0 Å². The van der Waals surface area contributed by atoms with Crippen LogP contribution in [0.3, 0.4) is 0 Å². The molecule has 0 radical (unpaired) electrons. The van der Waals surface area contributed by atoms with Gasteiger partial charge in [-0.3, -0.25) is 9.59 Å². The summed E-state index contributed by atoms with van der Waals surface area (Å²) in [5.41, 5.74) is 1.70. The Hall–Kier alpha value is -1.94. The largest absolute Gasteiger partial charge is 0.481 e. The van der Waals surface area contributed by atoms with Crippen LogP contribution in [0.5, 0.6) is 0 Å². The topological polar surface area (TPSA) is 54.4 Å². The Labute approximate surface area is 119 Å². The Bertz CT molecular complexity index is 618. The molecular weight excluding hydrogens is 308 g/mol. The first-order chi connectivity index (χ1) is 9.06. The number of aliphatic carboxylic acids is 1. The minimum atomic E-state index is -0.909. The maximum absolute atomic E-state index is 12.2. The molecule has 0 saturated heterocycles. The summed E-state index contributed by atoms with van der Waals surface area (Å²) in [5.74, 6) is -1.02. The molecule has 0 aliphatic carbocycles. The molecule has 0 atom stereocenters. The summed E-state index contributed by atoms with van der Waals surface area (Å²) < 4.78 is 0.906. The lowest BCUT2D eigenvalue weighted by Crippen LogP contribution is -2.04. The molecule has 0 saturated carbocycles. The SMILES string of the molecule is O=C(O)Cc1cccc(C(=O)c2ccc(Br)cc2)c1. The van der Waals surface area contributed by atoms with Gasteiger partial charge in [-0.2, -0.15) is 0 Å². The van der Waals surface area contributed by atoms with E-state index in [-0.39, 0.29) is 12.2 Å². The number of rotatable bonds is 4. The molecule has 0 aliphatic rings. The molecule has 0 bridgehead atoms. The maximum atomic E-state index is 12.2. The van der Waals surface area contributed by atoms with Crippen molar-refractivity contribution in [2.75, 3.05) is 0 Å². The third-order valence-corrected chi connectivity index (χ3v) is 3.18. The zero-order valence-electron chi connectivity index (χ0n) is 9.97. The van der Waals surface area contributed by atoms with Gasteiger partial charge in [0.15, 0.2) is 5.78 Å². The van der Waals surface area contributed by atoms with Crippen LogP contribution in [0.25, 0.3) is 0 Å². The van der Waals surface area contributed by atoms with Crippen molar-refractivity contribution < 1.29 is 14.7 Å². The van der Waals surface area contributed by atoms with Crippen LogP contribution >= 0.6 is 15.9 Å². The highest BCUT2D eigenvalue weighted by molar-refractivity contribution is 9.10. The second-order valence-electron chi connectivity index (χ2n) is 4.11. The van der Waals surface area contributed by atoms with Crippen LogP contribution in [0.2, 0.25) is 0 Å². The van der Waals surface area contributed by atoms with E-state index >= 15 is 0 Å². The molecule has 3 nitrogen and oxygen atoms in total. The zero-order chi connectivity index (χ0) is 13.8. The lowest BCUT2D eigenvalue weighted by atomic mass is 10.0. The molecule has 96 valence electrons. The van der Waals surface area contributed by atoms with Gasteiger partial charge >= 0.3 is 5.97 Å². The van der Waals surface area contributed by atoms with E-state index in [0.29, 0.717) is 16.7 Å². The van der Waals surface area contributed by atoms with Crippen LogP contribution in [0.15, 0.2) is 53.0 Å². The molecule has 1 N–H and O–H groups in total. The summed E-state index contributed by atoms with van der Waals surface area (Å²) in [4.78, 5) is 22.9. The van der Waals surface area contributed by atoms with Gasteiger partial charge in [0.25, 0.3) is 0 Å². The Balaban J connectivity index is 2.28. The van der Waals surface area contributed by atoms with Crippen molar-refractivity contribution in [3.05, 3.63) is 69.7 Å². The fourth-order valence-corrected chi connectivity index (χ4v) is 2.03. The van der Waals surface area contributed by atoms with Crippen LogP contribution in [0.1, 0.15) is 21.5 Å². The van der Waals surface area contributed by atoms with Gasteiger partial charge in [-0.25, -0.2) is 0 Å². The van der Waals surface area contributed by atoms with Crippen LogP contribution in [0, 0.1) is 0 Å². The Morgan fingerprint density at radius 3 is 2.32 bits per heavy atom. The molecule has 2 rings (SSSR count). The van der Waals surface area contributed by atoms with Crippen molar-refractivity contribution in [3.8, 4) is 0 Å². The zero-order valence-corrected chi connectivity index (χ0v) is 11.6. The molecule has 4 heteroatoms. The lowest BCUT2D eigenvalue weighted by Gasteiger charge is -2.04. The van der Waals surface area contributed by atoms with E-state index in [4.69, 9.17) is 5.11 Å². The minimum Gasteiger partial charge on any atom is -0.481 e. The number of carboxylic acids is 1. The molecule has 2 aromatic carbocycles. The Morgan fingerprint density at radius 1 is 1.00 bits per heavy atom. The molecule has 0 aromatic heterocycles. The molecule has 0 unspecified atom stereocenters. The number of carbonyl (C=O) groups excluding carboxylic acids is 1. The number of carboxylic acid groups (broad SMARTS) is 1. The summed E-state index contributed by atoms with van der Waals surface area (Å²) in [6, 6.07) is 13.8. The number of hydrogen-bond acceptors (Lipinski definition) is 2. The van der Waals surface area contributed by atoms with E-state index in [1.807, 2.05) is 0 Å². The second kappa shape index (κ2) is 5.80. The van der Waals surface area contributed by atoms with E-state index in [2.05, 4.69) is 15.9 Å². The van der Waals surface area contributed by atoms with Gasteiger partial charge in [0.1, 0.15) is 0 Å². The van der Waals surface area contributed by atoms with Crippen molar-refractivity contribution in [1.29, 1.82) is 0 Å². The first-order valence-corrected chi connectivity index (χ1v) is 6.46. The van der Waals surface area contributed by atoms with Crippen molar-refractivity contribution in [2.24, 2.45) is 0 Å². The van der Waals surface area contributed by atoms with Crippen LogP contribution < -0.4 is 0 Å². The van der Waals surface area contributed by atoms with Crippen molar-refractivity contribution in [2.45, 2.75) is 6.42 Å². The third kappa shape index (κ3) is 3.51. The Kier molecular flexibility index (Phi) is 4.12. The van der Waals surface area contributed by atoms with Gasteiger partial charge in [0, 0.05) is 15.6 Å². The van der Waals surface area contributed by atoms with Gasteiger partial charge in [-0.05, 0) is 35.9 Å². The third-order valence-electron chi connectivity index (χ3n) is 2.65. The summed E-state index contributed by atoms with van der Waals surface area (Å²) in [7, 11) is 0. The molecule has 0 fully saturated rings. The monoisotopic (exact) mass is 318 g/mol. The van der Waals surface area contributed by atoms with E-state index < -0.39 is 5.97 Å². The van der Waals surface area contributed by atoms with Gasteiger partial charge in [-0.1, -0.05) is 34.1 Å². The highest BCUT2D eigenvalue weighted by atomic mass is 79.9. The number of benzene rings is 2. The second-order valence-corrected chi connectivity index (χ2v) is 5.02. The number of hydrogen-bond donors (Lipinski definition) is 1. The smallest absolute Gasteiger partial charge is 0.307 e. The highest BCUT2D eigenvalue weighted by Gasteiger charge is 2.10. The van der Waals surface area contributed by atoms with Gasteiger partial charge in [0.2, 0.25) is 0 Å². The summed E-state index contributed by atoms with van der Waals surface area (Å²) in [5, 5.41) is 8.75. The quantitative estimate of drug-likeness (QED) is 0.880. The van der Waals surface area contributed by atoms with Crippen molar-refractivity contribution >= 4 is 27.7 Å².